The monoisotopic (exact) mass is 623 g/mol. The third-order valence-corrected chi connectivity index (χ3v) is 17.2. The van der Waals surface area contributed by atoms with Crippen molar-refractivity contribution in [3.05, 3.63) is 35.5 Å². The summed E-state index contributed by atoms with van der Waals surface area (Å²) in [5, 5.41) is 10.5. The Bertz CT molecular complexity index is 1090. The van der Waals surface area contributed by atoms with E-state index >= 15 is 0 Å². The van der Waals surface area contributed by atoms with Crippen molar-refractivity contribution in [2.24, 2.45) is 35.0 Å². The maximum absolute atomic E-state index is 13.6. The van der Waals surface area contributed by atoms with Crippen LogP contribution in [0.2, 0.25) is 18.1 Å². The van der Waals surface area contributed by atoms with Crippen molar-refractivity contribution < 1.29 is 22.7 Å². The number of β-amino-alcohol motifs (C(OH)–C–C–N with tert-alkyl or cyclic N) is 1. The van der Waals surface area contributed by atoms with Crippen LogP contribution in [-0.2, 0) is 4.43 Å². The number of piperidine rings is 1. The van der Waals surface area contributed by atoms with Gasteiger partial charge in [0.15, 0.2) is 13.9 Å². The first-order valence-corrected chi connectivity index (χ1v) is 19.9. The third kappa shape index (κ3) is 6.95. The summed E-state index contributed by atoms with van der Waals surface area (Å²) >= 11 is 0. The number of hydrogen-bond donors (Lipinski definition) is 1. The fraction of sp³-hybridized carbons (Fsp3) is 0.833. The molecule has 3 saturated carbocycles. The largest absolute Gasteiger partial charge is 0.418 e. The predicted octanol–water partition coefficient (Wildman–Crippen LogP) is 9.70. The van der Waals surface area contributed by atoms with Crippen molar-refractivity contribution in [3.8, 4) is 0 Å². The van der Waals surface area contributed by atoms with E-state index in [1.807, 2.05) is 4.90 Å². The zero-order valence-electron chi connectivity index (χ0n) is 28.5. The molecule has 8 atom stereocenters. The Hall–Kier alpha value is -0.893. The smallest absolute Gasteiger partial charge is 0.410 e. The van der Waals surface area contributed by atoms with Crippen LogP contribution in [0.5, 0.6) is 0 Å². The van der Waals surface area contributed by atoms with Crippen molar-refractivity contribution in [1.29, 1.82) is 0 Å². The molecule has 3 nitrogen and oxygen atoms in total. The molecular weight excluding hydrogens is 563 g/mol. The lowest BCUT2D eigenvalue weighted by Gasteiger charge is -2.46. The fourth-order valence-corrected chi connectivity index (χ4v) is 10.1. The molecule has 4 aliphatic rings. The molecule has 1 saturated heterocycles. The number of alkyl halides is 3. The molecule has 0 aromatic rings. The van der Waals surface area contributed by atoms with Crippen molar-refractivity contribution >= 4 is 8.32 Å². The van der Waals surface area contributed by atoms with Crippen LogP contribution >= 0.6 is 0 Å². The van der Waals surface area contributed by atoms with Crippen LogP contribution in [0, 0.1) is 35.0 Å². The van der Waals surface area contributed by atoms with Gasteiger partial charge in [-0.15, -0.1) is 0 Å². The number of fused-ring (bicyclic) bond motifs is 1. The second-order valence-electron chi connectivity index (χ2n) is 16.7. The lowest BCUT2D eigenvalue weighted by Crippen LogP contribution is -2.57. The molecule has 4 fully saturated rings. The lowest BCUT2D eigenvalue weighted by molar-refractivity contribution is -0.274. The molecule has 0 aromatic heterocycles. The SMILES string of the molecule is C=C1/C(=C\C=C2/CCC[C@]3(C)[C@@H]([C@H](C)CN4CCCC(O)(C(F)(F)F)C4)CC[C@@H]23)C[C@@H](C)[C@H](C)[C@@H]1O[Si](C)(C)C(C)(C)C. The lowest BCUT2D eigenvalue weighted by atomic mass is 9.61. The number of rotatable bonds is 6. The molecule has 1 aliphatic heterocycles. The van der Waals surface area contributed by atoms with Crippen LogP contribution in [0.15, 0.2) is 35.5 Å². The molecule has 43 heavy (non-hydrogen) atoms. The molecule has 1 unspecified atom stereocenters. The molecule has 0 spiro atoms. The number of likely N-dealkylation sites (tertiary alicyclic amines) is 1. The van der Waals surface area contributed by atoms with E-state index < -0.39 is 20.1 Å². The zero-order valence-corrected chi connectivity index (χ0v) is 29.5. The highest BCUT2D eigenvalue weighted by atomic mass is 28.4. The van der Waals surface area contributed by atoms with Gasteiger partial charge >= 0.3 is 6.18 Å². The van der Waals surface area contributed by atoms with E-state index in [1.165, 1.54) is 12.0 Å². The predicted molar refractivity (Wildman–Crippen MR) is 174 cm³/mol. The van der Waals surface area contributed by atoms with Crippen LogP contribution in [0.3, 0.4) is 0 Å². The van der Waals surface area contributed by atoms with Gasteiger partial charge in [0.1, 0.15) is 0 Å². The summed E-state index contributed by atoms with van der Waals surface area (Å²) in [6, 6.07) is 0. The number of aliphatic hydroxyl groups is 1. The summed E-state index contributed by atoms with van der Waals surface area (Å²) in [7, 11) is -1.95. The highest BCUT2D eigenvalue weighted by Crippen LogP contribution is 2.59. The summed E-state index contributed by atoms with van der Waals surface area (Å²) < 4.78 is 47.7. The summed E-state index contributed by atoms with van der Waals surface area (Å²) in [6.45, 7) is 26.5. The second kappa shape index (κ2) is 12.4. The molecule has 7 heteroatoms. The zero-order chi connectivity index (χ0) is 32.2. The molecule has 0 amide bonds. The number of allylic oxidation sites excluding steroid dienone is 3. The Morgan fingerprint density at radius 2 is 1.79 bits per heavy atom. The van der Waals surface area contributed by atoms with Gasteiger partial charge in [0.2, 0.25) is 0 Å². The van der Waals surface area contributed by atoms with Crippen LogP contribution in [-0.4, -0.2) is 55.8 Å². The Kier molecular flexibility index (Phi) is 10.1. The number of nitrogens with zero attached hydrogens (tertiary/aromatic N) is 1. The molecule has 3 aliphatic carbocycles. The summed E-state index contributed by atoms with van der Waals surface area (Å²) in [5.41, 5.74) is 1.62. The highest BCUT2D eigenvalue weighted by molar-refractivity contribution is 6.74. The molecule has 246 valence electrons. The molecule has 1 heterocycles. The van der Waals surface area contributed by atoms with Gasteiger partial charge in [0.25, 0.3) is 0 Å². The van der Waals surface area contributed by atoms with E-state index in [0.29, 0.717) is 43.2 Å². The van der Waals surface area contributed by atoms with Gasteiger partial charge in [-0.3, -0.25) is 4.90 Å². The normalized spacial score (nSPS) is 39.4. The van der Waals surface area contributed by atoms with Crippen LogP contribution in [0.1, 0.15) is 99.8 Å². The van der Waals surface area contributed by atoms with Crippen molar-refractivity contribution in [2.75, 3.05) is 19.6 Å². The number of halogens is 3. The Labute approximate surface area is 261 Å². The molecule has 1 N–H and O–H groups in total. The van der Waals surface area contributed by atoms with Crippen molar-refractivity contribution in [1.82, 2.24) is 4.90 Å². The molecule has 0 radical (unpaired) electrons. The van der Waals surface area contributed by atoms with Crippen LogP contribution < -0.4 is 0 Å². The Balaban J connectivity index is 1.49. The average molecular weight is 624 g/mol. The summed E-state index contributed by atoms with van der Waals surface area (Å²) in [6.07, 6.45) is 7.22. The topological polar surface area (TPSA) is 32.7 Å². The van der Waals surface area contributed by atoms with E-state index in [1.54, 1.807) is 5.57 Å². The van der Waals surface area contributed by atoms with E-state index in [-0.39, 0.29) is 35.4 Å². The van der Waals surface area contributed by atoms with Crippen LogP contribution in [0.25, 0.3) is 0 Å². The minimum absolute atomic E-state index is 0.0624. The molecule has 0 aromatic carbocycles. The van der Waals surface area contributed by atoms with Gasteiger partial charge in [-0.1, -0.05) is 72.8 Å². The minimum Gasteiger partial charge on any atom is -0.410 e. The third-order valence-electron chi connectivity index (χ3n) is 12.7. The fourth-order valence-electron chi connectivity index (χ4n) is 8.78. The van der Waals surface area contributed by atoms with E-state index in [9.17, 15) is 18.3 Å². The van der Waals surface area contributed by atoms with Gasteiger partial charge < -0.3 is 9.53 Å². The minimum atomic E-state index is -4.58. The van der Waals surface area contributed by atoms with E-state index in [4.69, 9.17) is 4.43 Å². The average Bonchev–Trinajstić information content (AvgIpc) is 3.24. The van der Waals surface area contributed by atoms with Crippen molar-refractivity contribution in [2.45, 2.75) is 136 Å². The van der Waals surface area contributed by atoms with Gasteiger partial charge in [-0.2, -0.15) is 13.2 Å². The van der Waals surface area contributed by atoms with E-state index in [0.717, 1.165) is 37.7 Å². The molecule has 4 rings (SSSR count). The maximum Gasteiger partial charge on any atom is 0.418 e. The van der Waals surface area contributed by atoms with E-state index in [2.05, 4.69) is 80.3 Å². The first-order chi connectivity index (χ1) is 19.7. The first-order valence-electron chi connectivity index (χ1n) is 17.0. The first kappa shape index (κ1) is 35.0. The Morgan fingerprint density at radius 3 is 2.42 bits per heavy atom. The van der Waals surface area contributed by atoms with Gasteiger partial charge in [0, 0.05) is 13.1 Å². The maximum atomic E-state index is 13.6. The van der Waals surface area contributed by atoms with Gasteiger partial charge in [-0.05, 0) is 122 Å². The van der Waals surface area contributed by atoms with Crippen molar-refractivity contribution in [3.63, 3.8) is 0 Å². The van der Waals surface area contributed by atoms with Crippen LogP contribution in [0.4, 0.5) is 13.2 Å². The molecular formula is C36H60F3NO2Si. The second-order valence-corrected chi connectivity index (χ2v) is 21.5. The summed E-state index contributed by atoms with van der Waals surface area (Å²) in [5.74, 6) is 2.25. The molecule has 0 bridgehead atoms. The standard InChI is InChI=1S/C36H60F3NO2Si/c1-24-21-29(27(4)32(26(24)3)42-43(9,10)33(5,6)7)15-14-28-13-11-18-34(8)30(16-17-31(28)34)25(2)22-40-20-12-19-35(41,23-40)36(37,38)39/h14-15,24-26,30-32,41H,4,11-13,16-23H2,1-3,5-10H3/b28-14+,29-15-/t24-,25-,26+,30-,31+,32+,34-,35?/m1/s1. The highest BCUT2D eigenvalue weighted by Gasteiger charge is 2.56. The quantitative estimate of drug-likeness (QED) is 0.299. The summed E-state index contributed by atoms with van der Waals surface area (Å²) in [4.78, 5) is 1.88. The van der Waals surface area contributed by atoms with Gasteiger partial charge in [0.05, 0.1) is 6.10 Å². The Morgan fingerprint density at radius 1 is 1.12 bits per heavy atom. The van der Waals surface area contributed by atoms with Gasteiger partial charge in [-0.25, -0.2) is 0 Å². The number of hydrogen-bond acceptors (Lipinski definition) is 3.